The zero-order chi connectivity index (χ0) is 22.7. The van der Waals surface area contributed by atoms with E-state index >= 15 is 0 Å². The fraction of sp³-hybridized carbons (Fsp3) is 0.458. The summed E-state index contributed by atoms with van der Waals surface area (Å²) >= 11 is 0. The maximum atomic E-state index is 14.0. The van der Waals surface area contributed by atoms with Gasteiger partial charge in [-0.2, -0.15) is 0 Å². The van der Waals surface area contributed by atoms with Crippen molar-refractivity contribution in [1.29, 1.82) is 0 Å². The fourth-order valence-electron chi connectivity index (χ4n) is 4.73. The number of H-pyrrole nitrogens is 1. The van der Waals surface area contributed by atoms with Crippen molar-refractivity contribution in [3.8, 4) is 0 Å². The maximum absolute atomic E-state index is 14.0. The number of hydrogen-bond donors (Lipinski definition) is 3. The van der Waals surface area contributed by atoms with Crippen LogP contribution < -0.4 is 16.2 Å². The molecule has 1 saturated carbocycles. The molecule has 2 aliphatic rings. The Bertz CT molecular complexity index is 1100. The van der Waals surface area contributed by atoms with E-state index in [1.807, 2.05) is 6.08 Å². The zero-order valence-electron chi connectivity index (χ0n) is 18.5. The summed E-state index contributed by atoms with van der Waals surface area (Å²) in [7, 11) is 3.78. The van der Waals surface area contributed by atoms with Crippen molar-refractivity contribution in [2.75, 3.05) is 26.0 Å². The Morgan fingerprint density at radius 3 is 2.78 bits per heavy atom. The lowest BCUT2D eigenvalue weighted by atomic mass is 9.92. The second-order valence-electron chi connectivity index (χ2n) is 8.71. The first-order valence-electron chi connectivity index (χ1n) is 11.2. The van der Waals surface area contributed by atoms with E-state index in [1.165, 1.54) is 50.3 Å². The number of nitrogens with one attached hydrogen (secondary N) is 3. The second-order valence-corrected chi connectivity index (χ2v) is 8.71. The van der Waals surface area contributed by atoms with Crippen molar-refractivity contribution in [1.82, 2.24) is 15.2 Å². The van der Waals surface area contributed by atoms with Crippen LogP contribution in [-0.2, 0) is 0 Å². The van der Waals surface area contributed by atoms with Crippen LogP contribution in [0.3, 0.4) is 0 Å². The Hall–Kier alpha value is -3.00. The molecule has 1 amide bonds. The van der Waals surface area contributed by atoms with Gasteiger partial charge in [-0.25, -0.2) is 4.39 Å². The first kappa shape index (κ1) is 22.2. The van der Waals surface area contributed by atoms with Crippen LogP contribution in [0.4, 0.5) is 10.1 Å². The third-order valence-corrected chi connectivity index (χ3v) is 6.55. The molecular weight excluding hydrogens is 409 g/mol. The highest BCUT2D eigenvalue weighted by Crippen LogP contribution is 2.24. The van der Waals surface area contributed by atoms with Gasteiger partial charge in [0.2, 0.25) is 0 Å². The van der Waals surface area contributed by atoms with Gasteiger partial charge in [0.1, 0.15) is 11.4 Å². The number of nitrogens with zero attached hydrogens (tertiary/aromatic N) is 2. The number of amides is 1. The van der Waals surface area contributed by atoms with E-state index < -0.39 is 17.3 Å². The number of aliphatic imine (C=N–C) groups is 1. The predicted molar refractivity (Wildman–Crippen MR) is 126 cm³/mol. The monoisotopic (exact) mass is 439 g/mol. The van der Waals surface area contributed by atoms with Gasteiger partial charge in [-0.05, 0) is 38.1 Å². The van der Waals surface area contributed by atoms with Crippen LogP contribution in [0.25, 0.3) is 10.9 Å². The molecule has 170 valence electrons. The minimum Gasteiger partial charge on any atom is -0.386 e. The van der Waals surface area contributed by atoms with Crippen LogP contribution in [0.1, 0.15) is 42.5 Å². The predicted octanol–water partition coefficient (Wildman–Crippen LogP) is 3.29. The number of halogens is 1. The number of anilines is 1. The van der Waals surface area contributed by atoms with Gasteiger partial charge in [-0.15, -0.1) is 0 Å². The molecule has 1 aliphatic heterocycles. The topological polar surface area (TPSA) is 89.6 Å². The van der Waals surface area contributed by atoms with E-state index in [-0.39, 0.29) is 17.5 Å². The molecule has 0 radical (unpaired) electrons. The van der Waals surface area contributed by atoms with Crippen molar-refractivity contribution in [3.63, 3.8) is 0 Å². The second kappa shape index (κ2) is 9.65. The molecule has 0 spiro atoms. The van der Waals surface area contributed by atoms with Gasteiger partial charge in [-0.1, -0.05) is 25.3 Å². The molecule has 2 atom stereocenters. The van der Waals surface area contributed by atoms with Gasteiger partial charge in [0.25, 0.3) is 11.5 Å². The SMILES string of the molecule is CNc1cc(F)cc2cc(C(=O)NC3C=NC=CC3CN(C)C3CCCCC3)c(=O)[nH]c12. The summed E-state index contributed by atoms with van der Waals surface area (Å²) in [6, 6.07) is 4.28. The summed E-state index contributed by atoms with van der Waals surface area (Å²) in [5, 5.41) is 6.26. The molecule has 2 aromatic rings. The lowest BCUT2D eigenvalue weighted by Gasteiger charge is -2.35. The summed E-state index contributed by atoms with van der Waals surface area (Å²) in [6.45, 7) is 0.795. The lowest BCUT2D eigenvalue weighted by molar-refractivity contribution is 0.0932. The van der Waals surface area contributed by atoms with Crippen LogP contribution in [-0.4, -0.2) is 54.7 Å². The van der Waals surface area contributed by atoms with Crippen LogP contribution in [0.5, 0.6) is 0 Å². The van der Waals surface area contributed by atoms with Crippen LogP contribution >= 0.6 is 0 Å². The molecule has 8 heteroatoms. The molecule has 7 nitrogen and oxygen atoms in total. The van der Waals surface area contributed by atoms with E-state index in [0.717, 1.165) is 6.54 Å². The minimum atomic E-state index is -0.516. The number of carbonyl (C=O) groups excluding carboxylic acids is 1. The summed E-state index contributed by atoms with van der Waals surface area (Å²) in [6.07, 6.45) is 11.7. The fourth-order valence-corrected chi connectivity index (χ4v) is 4.73. The molecule has 1 aromatic carbocycles. The molecule has 1 aromatic heterocycles. The highest BCUT2D eigenvalue weighted by Gasteiger charge is 2.27. The van der Waals surface area contributed by atoms with Gasteiger partial charge in [0, 0.05) is 43.4 Å². The summed E-state index contributed by atoms with van der Waals surface area (Å²) in [5.41, 5.74) is 0.355. The van der Waals surface area contributed by atoms with Gasteiger partial charge < -0.3 is 20.5 Å². The van der Waals surface area contributed by atoms with Crippen molar-refractivity contribution in [2.24, 2.45) is 10.9 Å². The quantitative estimate of drug-likeness (QED) is 0.644. The molecule has 2 heterocycles. The number of fused-ring (bicyclic) bond motifs is 1. The average Bonchev–Trinajstić information content (AvgIpc) is 2.80. The Morgan fingerprint density at radius 1 is 1.25 bits per heavy atom. The van der Waals surface area contributed by atoms with Crippen LogP contribution in [0, 0.1) is 11.7 Å². The summed E-state index contributed by atoms with van der Waals surface area (Å²) in [5.74, 6) is -0.896. The lowest BCUT2D eigenvalue weighted by Crippen LogP contribution is -2.48. The highest BCUT2D eigenvalue weighted by atomic mass is 19.1. The van der Waals surface area contributed by atoms with Crippen molar-refractivity contribution < 1.29 is 9.18 Å². The van der Waals surface area contributed by atoms with Crippen molar-refractivity contribution in [3.05, 3.63) is 52.2 Å². The van der Waals surface area contributed by atoms with Crippen molar-refractivity contribution >= 4 is 28.7 Å². The van der Waals surface area contributed by atoms with E-state index in [0.29, 0.717) is 22.6 Å². The Kier molecular flexibility index (Phi) is 6.69. The average molecular weight is 440 g/mol. The molecule has 4 rings (SSSR count). The Labute approximate surface area is 186 Å². The van der Waals surface area contributed by atoms with Gasteiger partial charge >= 0.3 is 0 Å². The smallest absolute Gasteiger partial charge is 0.261 e. The normalized spacial score (nSPS) is 21.2. The molecule has 32 heavy (non-hydrogen) atoms. The summed E-state index contributed by atoms with van der Waals surface area (Å²) < 4.78 is 14.0. The maximum Gasteiger partial charge on any atom is 0.261 e. The molecule has 0 bridgehead atoms. The summed E-state index contributed by atoms with van der Waals surface area (Å²) in [4.78, 5) is 34.9. The van der Waals surface area contributed by atoms with Crippen LogP contribution in [0.2, 0.25) is 0 Å². The third-order valence-electron chi connectivity index (χ3n) is 6.55. The molecule has 1 aliphatic carbocycles. The Morgan fingerprint density at radius 2 is 2.03 bits per heavy atom. The van der Waals surface area contributed by atoms with E-state index in [1.54, 1.807) is 19.5 Å². The van der Waals surface area contributed by atoms with E-state index in [9.17, 15) is 14.0 Å². The van der Waals surface area contributed by atoms with Crippen molar-refractivity contribution in [2.45, 2.75) is 44.2 Å². The number of hydrogen-bond acceptors (Lipinski definition) is 5. The number of aromatic nitrogens is 1. The standard InChI is InChI=1S/C24H30FN5O2/c1-26-20-12-17(25)10-16-11-19(24(32)29-22(16)20)23(31)28-21-13-27-9-8-15(21)14-30(2)18-6-4-3-5-7-18/h8-13,15,18,21,26H,3-7,14H2,1-2H3,(H,28,31)(H,29,32). The molecule has 0 saturated heterocycles. The highest BCUT2D eigenvalue weighted by molar-refractivity contribution is 6.00. The number of benzene rings is 1. The van der Waals surface area contributed by atoms with Gasteiger partial charge in [0.15, 0.2) is 0 Å². The zero-order valence-corrected chi connectivity index (χ0v) is 18.5. The molecular formula is C24H30FN5O2. The molecule has 3 N–H and O–H groups in total. The number of pyridine rings is 1. The van der Waals surface area contributed by atoms with Gasteiger partial charge in [0.05, 0.1) is 17.2 Å². The molecule has 1 fully saturated rings. The van der Waals surface area contributed by atoms with E-state index in [2.05, 4.69) is 32.6 Å². The number of aromatic amines is 1. The largest absolute Gasteiger partial charge is 0.386 e. The Balaban J connectivity index is 1.52. The first-order valence-corrected chi connectivity index (χ1v) is 11.2. The molecule has 2 unspecified atom stereocenters. The third kappa shape index (κ3) is 4.75. The number of rotatable bonds is 6. The van der Waals surface area contributed by atoms with Gasteiger partial charge in [-0.3, -0.25) is 14.6 Å². The van der Waals surface area contributed by atoms with E-state index in [4.69, 9.17) is 0 Å². The minimum absolute atomic E-state index is 0.0486. The number of carbonyl (C=O) groups is 1. The van der Waals surface area contributed by atoms with Crippen LogP contribution in [0.15, 0.2) is 40.3 Å². The first-order chi connectivity index (χ1) is 15.5.